The second-order valence-electron chi connectivity index (χ2n) is 11.1. The molecule has 6 nitrogen and oxygen atoms in total. The molecule has 2 saturated heterocycles. The van der Waals surface area contributed by atoms with Crippen LogP contribution in [-0.4, -0.2) is 61.9 Å². The standard InChI is InChI=1S/C21H24FN5.C6H16OSi/c22-16-5-3-9-23-19(16)15-13-25-20-18(15)17(6-11-24-20)27-12-4-8-21(14-27)7-1-2-10-26-21;1-7-5-6-8(2,3)4/h3,5-6,9,11,13,26H,1-2,4,7-8,10,12,14H2,(H,24,25);5-6H2,1-4H3. The Balaban J connectivity index is 0.000000314. The van der Waals surface area contributed by atoms with Gasteiger partial charge in [-0.2, -0.15) is 0 Å². The van der Waals surface area contributed by atoms with E-state index in [0.29, 0.717) is 5.69 Å². The van der Waals surface area contributed by atoms with E-state index in [1.54, 1.807) is 19.4 Å². The Kier molecular flexibility index (Phi) is 8.24. The van der Waals surface area contributed by atoms with Crippen LogP contribution < -0.4 is 10.2 Å². The molecule has 35 heavy (non-hydrogen) atoms. The van der Waals surface area contributed by atoms with Gasteiger partial charge in [-0.25, -0.2) is 9.37 Å². The summed E-state index contributed by atoms with van der Waals surface area (Å²) >= 11 is 0. The number of halogens is 1. The monoisotopic (exact) mass is 497 g/mol. The Labute approximate surface area is 209 Å². The van der Waals surface area contributed by atoms with E-state index in [4.69, 9.17) is 4.74 Å². The Morgan fingerprint density at radius 2 is 1.94 bits per heavy atom. The maximum atomic E-state index is 14.4. The summed E-state index contributed by atoms with van der Waals surface area (Å²) < 4.78 is 19.4. The highest BCUT2D eigenvalue weighted by molar-refractivity contribution is 6.76. The summed E-state index contributed by atoms with van der Waals surface area (Å²) in [5.41, 5.74) is 3.26. The number of ether oxygens (including phenoxy) is 1. The zero-order valence-corrected chi connectivity index (χ0v) is 22.7. The fraction of sp³-hybridized carbons (Fsp3) is 0.556. The van der Waals surface area contributed by atoms with E-state index in [0.717, 1.165) is 54.9 Å². The van der Waals surface area contributed by atoms with Crippen LogP contribution in [0.4, 0.5) is 10.1 Å². The average molecular weight is 498 g/mol. The van der Waals surface area contributed by atoms with Crippen molar-refractivity contribution in [1.82, 2.24) is 20.3 Å². The van der Waals surface area contributed by atoms with Crippen molar-refractivity contribution in [2.75, 3.05) is 38.3 Å². The van der Waals surface area contributed by atoms with Crippen molar-refractivity contribution in [2.24, 2.45) is 0 Å². The quantitative estimate of drug-likeness (QED) is 0.433. The maximum Gasteiger partial charge on any atom is 0.149 e. The summed E-state index contributed by atoms with van der Waals surface area (Å²) in [6.45, 7) is 11.1. The van der Waals surface area contributed by atoms with Crippen LogP contribution in [0.15, 0.2) is 36.8 Å². The summed E-state index contributed by atoms with van der Waals surface area (Å²) in [6, 6.07) is 6.42. The van der Waals surface area contributed by atoms with Crippen LogP contribution in [0.2, 0.25) is 25.7 Å². The maximum absolute atomic E-state index is 14.4. The molecule has 5 heterocycles. The zero-order valence-electron chi connectivity index (χ0n) is 21.7. The molecule has 0 aliphatic carbocycles. The average Bonchev–Trinajstić information content (AvgIpc) is 3.28. The smallest absolute Gasteiger partial charge is 0.149 e. The molecule has 0 radical (unpaired) electrons. The lowest BCUT2D eigenvalue weighted by Crippen LogP contribution is -2.59. The number of piperidine rings is 2. The first-order valence-corrected chi connectivity index (χ1v) is 16.6. The van der Waals surface area contributed by atoms with E-state index < -0.39 is 8.07 Å². The lowest BCUT2D eigenvalue weighted by atomic mass is 9.81. The predicted molar refractivity (Wildman–Crippen MR) is 145 cm³/mol. The Morgan fingerprint density at radius 1 is 1.11 bits per heavy atom. The van der Waals surface area contributed by atoms with Gasteiger partial charge in [-0.05, 0) is 56.5 Å². The van der Waals surface area contributed by atoms with E-state index in [-0.39, 0.29) is 11.4 Å². The van der Waals surface area contributed by atoms with Gasteiger partial charge in [-0.3, -0.25) is 4.98 Å². The molecule has 190 valence electrons. The summed E-state index contributed by atoms with van der Waals surface area (Å²) in [5, 5.41) is 4.76. The number of nitrogens with zero attached hydrogens (tertiary/aromatic N) is 3. The number of methoxy groups -OCH3 is 1. The van der Waals surface area contributed by atoms with Gasteiger partial charge in [-0.15, -0.1) is 0 Å². The van der Waals surface area contributed by atoms with Gasteiger partial charge in [0.05, 0.1) is 11.1 Å². The second-order valence-corrected chi connectivity index (χ2v) is 16.7. The molecule has 1 atom stereocenters. The topological polar surface area (TPSA) is 66.1 Å². The molecule has 2 N–H and O–H groups in total. The third-order valence-corrected chi connectivity index (χ3v) is 8.83. The van der Waals surface area contributed by atoms with Crippen LogP contribution in [0.1, 0.15) is 32.1 Å². The molecule has 1 spiro atoms. The van der Waals surface area contributed by atoms with Crippen molar-refractivity contribution >= 4 is 24.8 Å². The van der Waals surface area contributed by atoms with E-state index >= 15 is 0 Å². The van der Waals surface area contributed by atoms with Crippen LogP contribution >= 0.6 is 0 Å². The van der Waals surface area contributed by atoms with Crippen LogP contribution in [0.3, 0.4) is 0 Å². The highest BCUT2D eigenvalue weighted by Gasteiger charge is 2.37. The number of rotatable bonds is 5. The minimum absolute atomic E-state index is 0.207. The molecular weight excluding hydrogens is 457 g/mol. The highest BCUT2D eigenvalue weighted by atomic mass is 28.3. The fourth-order valence-electron chi connectivity index (χ4n) is 5.20. The summed E-state index contributed by atoms with van der Waals surface area (Å²) in [6.07, 6.45) is 11.5. The van der Waals surface area contributed by atoms with E-state index in [9.17, 15) is 4.39 Å². The molecule has 8 heteroatoms. The Hall–Kier alpha value is -2.29. The van der Waals surface area contributed by atoms with Crippen molar-refractivity contribution in [3.8, 4) is 11.3 Å². The molecule has 0 saturated carbocycles. The van der Waals surface area contributed by atoms with Crippen molar-refractivity contribution in [3.05, 3.63) is 42.6 Å². The molecule has 2 fully saturated rings. The minimum Gasteiger partial charge on any atom is -0.385 e. The van der Waals surface area contributed by atoms with Crippen LogP contribution in [-0.2, 0) is 4.74 Å². The SMILES string of the molecule is COCC[Si](C)(C)C.Fc1cccnc1-c1c[nH]c2nccc(N3CCCC4(CCCCN4)C3)c12. The first-order valence-electron chi connectivity index (χ1n) is 12.9. The first kappa shape index (κ1) is 25.8. The molecule has 0 bridgehead atoms. The predicted octanol–water partition coefficient (Wildman–Crippen LogP) is 5.85. The number of fused-ring (bicyclic) bond motifs is 1. The van der Waals surface area contributed by atoms with Crippen LogP contribution in [0.25, 0.3) is 22.3 Å². The lowest BCUT2D eigenvalue weighted by Gasteiger charge is -2.47. The number of hydrogen-bond acceptors (Lipinski definition) is 5. The molecule has 3 aromatic heterocycles. The third-order valence-electron chi connectivity index (χ3n) is 7.12. The van der Waals surface area contributed by atoms with Crippen LogP contribution in [0.5, 0.6) is 0 Å². The number of hydrogen-bond donors (Lipinski definition) is 2. The van der Waals surface area contributed by atoms with Crippen LogP contribution in [0, 0.1) is 5.82 Å². The van der Waals surface area contributed by atoms with Gasteiger partial charge in [0.25, 0.3) is 0 Å². The summed E-state index contributed by atoms with van der Waals surface area (Å²) in [7, 11) is 0.961. The number of pyridine rings is 2. The zero-order chi connectivity index (χ0) is 24.9. The minimum atomic E-state index is -0.803. The third kappa shape index (κ3) is 6.29. The van der Waals surface area contributed by atoms with Gasteiger partial charge in [-0.1, -0.05) is 26.1 Å². The van der Waals surface area contributed by atoms with Crippen molar-refractivity contribution < 1.29 is 9.13 Å². The Morgan fingerprint density at radius 3 is 2.63 bits per heavy atom. The largest absolute Gasteiger partial charge is 0.385 e. The number of H-pyrrole nitrogens is 1. The molecule has 2 aliphatic heterocycles. The lowest BCUT2D eigenvalue weighted by molar-refractivity contribution is 0.214. The van der Waals surface area contributed by atoms with Crippen molar-refractivity contribution in [1.29, 1.82) is 0 Å². The molecule has 0 aromatic carbocycles. The summed E-state index contributed by atoms with van der Waals surface area (Å²) in [5.74, 6) is -0.308. The molecule has 5 rings (SSSR count). The number of nitrogens with one attached hydrogen (secondary N) is 2. The Bertz CT molecular complexity index is 1100. The first-order chi connectivity index (χ1) is 16.8. The van der Waals surface area contributed by atoms with E-state index in [1.165, 1.54) is 37.8 Å². The van der Waals surface area contributed by atoms with Crippen molar-refractivity contribution in [2.45, 2.75) is 63.3 Å². The van der Waals surface area contributed by atoms with E-state index in [2.05, 4.69) is 50.9 Å². The second kappa shape index (κ2) is 11.2. The van der Waals surface area contributed by atoms with Gasteiger partial charge < -0.3 is 19.9 Å². The van der Waals surface area contributed by atoms with Gasteiger partial charge >= 0.3 is 0 Å². The number of aromatic amines is 1. The molecule has 2 aliphatic rings. The normalized spacial score (nSPS) is 20.7. The van der Waals surface area contributed by atoms with Gasteiger partial charge in [0.15, 0.2) is 0 Å². The molecule has 0 amide bonds. The van der Waals surface area contributed by atoms with E-state index in [1.807, 2.05) is 12.4 Å². The molecular formula is C27H40FN5OSi. The fourth-order valence-corrected chi connectivity index (χ4v) is 6.01. The highest BCUT2D eigenvalue weighted by Crippen LogP contribution is 2.38. The molecule has 1 unspecified atom stereocenters. The van der Waals surface area contributed by atoms with Gasteiger partial charge in [0.1, 0.15) is 17.2 Å². The molecule has 3 aromatic rings. The van der Waals surface area contributed by atoms with Gasteiger partial charge in [0.2, 0.25) is 0 Å². The van der Waals surface area contributed by atoms with Gasteiger partial charge in [0, 0.05) is 64.6 Å². The number of aromatic nitrogens is 3. The number of anilines is 1. The summed E-state index contributed by atoms with van der Waals surface area (Å²) in [4.78, 5) is 14.4. The van der Waals surface area contributed by atoms with Crippen molar-refractivity contribution in [3.63, 3.8) is 0 Å².